The number of hydrogen-bond acceptors (Lipinski definition) is 5. The standard InChI is InChI=1S/C16H15NO5S2/c1-10-8-11(2)15(12(3)9-10)24(21,22)17-16(18)13-6-4-5-7-14(13)23(17,19)20/h4-9H,1-3H3. The van der Waals surface area contributed by atoms with Crippen LogP contribution in [0.1, 0.15) is 27.0 Å². The number of rotatable bonds is 2. The molecule has 0 unspecified atom stereocenters. The summed E-state index contributed by atoms with van der Waals surface area (Å²) in [7, 11) is -8.99. The molecule has 3 rings (SSSR count). The molecule has 0 fully saturated rings. The number of sulfonamides is 2. The second-order valence-electron chi connectivity index (χ2n) is 5.74. The van der Waals surface area contributed by atoms with Gasteiger partial charge < -0.3 is 0 Å². The summed E-state index contributed by atoms with van der Waals surface area (Å²) in [5, 5.41) is 0. The van der Waals surface area contributed by atoms with Gasteiger partial charge in [0.05, 0.1) is 10.5 Å². The summed E-state index contributed by atoms with van der Waals surface area (Å²) >= 11 is 0. The van der Waals surface area contributed by atoms with Crippen LogP contribution in [-0.4, -0.2) is 26.5 Å². The van der Waals surface area contributed by atoms with Gasteiger partial charge in [0.1, 0.15) is 4.90 Å². The number of carbonyl (C=O) groups is 1. The highest BCUT2D eigenvalue weighted by Crippen LogP contribution is 2.36. The van der Waals surface area contributed by atoms with Crippen molar-refractivity contribution in [1.29, 1.82) is 0 Å². The van der Waals surface area contributed by atoms with E-state index in [0.717, 1.165) is 5.56 Å². The third-order valence-corrected chi connectivity index (χ3v) is 8.31. The molecule has 0 aliphatic carbocycles. The van der Waals surface area contributed by atoms with Crippen LogP contribution in [0, 0.1) is 20.8 Å². The molecule has 2 aromatic carbocycles. The Balaban J connectivity index is 2.29. The van der Waals surface area contributed by atoms with E-state index in [1.807, 2.05) is 6.92 Å². The molecule has 1 heterocycles. The first-order valence-electron chi connectivity index (χ1n) is 7.10. The molecule has 0 bridgehead atoms. The van der Waals surface area contributed by atoms with Gasteiger partial charge in [-0.25, -0.2) is 0 Å². The fraction of sp³-hybridized carbons (Fsp3) is 0.188. The van der Waals surface area contributed by atoms with Gasteiger partial charge in [0, 0.05) is 0 Å². The molecule has 1 aliphatic rings. The normalized spacial score (nSPS) is 16.3. The minimum Gasteiger partial charge on any atom is -0.267 e. The van der Waals surface area contributed by atoms with Crippen molar-refractivity contribution >= 4 is 26.0 Å². The summed E-state index contributed by atoms with van der Waals surface area (Å²) < 4.78 is 51.3. The summed E-state index contributed by atoms with van der Waals surface area (Å²) in [6.45, 7) is 4.96. The van der Waals surface area contributed by atoms with Gasteiger partial charge in [0.15, 0.2) is 0 Å². The van der Waals surface area contributed by atoms with E-state index in [1.165, 1.54) is 24.3 Å². The van der Waals surface area contributed by atoms with Crippen molar-refractivity contribution in [3.8, 4) is 0 Å². The fourth-order valence-electron chi connectivity index (χ4n) is 3.06. The monoisotopic (exact) mass is 365 g/mol. The average Bonchev–Trinajstić information content (AvgIpc) is 2.65. The van der Waals surface area contributed by atoms with Crippen LogP contribution in [0.4, 0.5) is 0 Å². The van der Waals surface area contributed by atoms with Crippen molar-refractivity contribution in [2.45, 2.75) is 30.6 Å². The van der Waals surface area contributed by atoms with Gasteiger partial charge in [-0.15, -0.1) is 3.71 Å². The van der Waals surface area contributed by atoms with Gasteiger partial charge >= 0.3 is 0 Å². The van der Waals surface area contributed by atoms with Gasteiger partial charge in [-0.2, -0.15) is 16.8 Å². The summed E-state index contributed by atoms with van der Waals surface area (Å²) in [4.78, 5) is 12.0. The van der Waals surface area contributed by atoms with Crippen LogP contribution in [-0.2, 0) is 20.0 Å². The average molecular weight is 365 g/mol. The molecule has 2 aromatic rings. The quantitative estimate of drug-likeness (QED) is 0.813. The Labute approximate surface area is 140 Å². The van der Waals surface area contributed by atoms with Gasteiger partial charge in [-0.05, 0) is 44.0 Å². The molecule has 0 saturated heterocycles. The molecule has 1 amide bonds. The van der Waals surface area contributed by atoms with E-state index in [1.54, 1.807) is 26.0 Å². The second-order valence-corrected chi connectivity index (χ2v) is 9.45. The molecule has 0 aromatic heterocycles. The lowest BCUT2D eigenvalue weighted by Crippen LogP contribution is -2.37. The SMILES string of the molecule is Cc1cc(C)c(S(=O)(=O)N2C(=O)c3ccccc3S2(=O)=O)c(C)c1. The maximum Gasteiger partial charge on any atom is 0.283 e. The molecule has 126 valence electrons. The first-order chi connectivity index (χ1) is 11.1. The van der Waals surface area contributed by atoms with Gasteiger partial charge in [-0.1, -0.05) is 29.8 Å². The van der Waals surface area contributed by atoms with Crippen LogP contribution >= 0.6 is 0 Å². The number of carbonyl (C=O) groups excluding carboxylic acids is 1. The molecular formula is C16H15NO5S2. The smallest absolute Gasteiger partial charge is 0.267 e. The minimum absolute atomic E-state index is 0.00926. The van der Waals surface area contributed by atoms with E-state index in [2.05, 4.69) is 0 Å². The van der Waals surface area contributed by atoms with Gasteiger partial charge in [-0.3, -0.25) is 4.79 Å². The van der Waals surface area contributed by atoms with E-state index in [4.69, 9.17) is 0 Å². The molecular weight excluding hydrogens is 350 g/mol. The van der Waals surface area contributed by atoms with Crippen molar-refractivity contribution in [3.05, 3.63) is 58.7 Å². The topological polar surface area (TPSA) is 88.6 Å². The fourth-order valence-corrected chi connectivity index (χ4v) is 7.15. The van der Waals surface area contributed by atoms with Crippen LogP contribution in [0.15, 0.2) is 46.2 Å². The van der Waals surface area contributed by atoms with Crippen LogP contribution in [0.5, 0.6) is 0 Å². The molecule has 0 radical (unpaired) electrons. The summed E-state index contributed by atoms with van der Waals surface area (Å²) in [5.74, 6) is -1.05. The Kier molecular flexibility index (Phi) is 3.58. The van der Waals surface area contributed by atoms with Gasteiger partial charge in [0.2, 0.25) is 0 Å². The third-order valence-electron chi connectivity index (χ3n) is 3.86. The van der Waals surface area contributed by atoms with E-state index in [9.17, 15) is 21.6 Å². The zero-order valence-electron chi connectivity index (χ0n) is 13.3. The lowest BCUT2D eigenvalue weighted by Gasteiger charge is -2.19. The zero-order valence-corrected chi connectivity index (χ0v) is 14.9. The Bertz CT molecular complexity index is 1060. The molecule has 0 atom stereocenters. The number of aryl methyl sites for hydroxylation is 3. The molecule has 0 spiro atoms. The highest BCUT2D eigenvalue weighted by atomic mass is 32.3. The maximum absolute atomic E-state index is 13.0. The highest BCUT2D eigenvalue weighted by Gasteiger charge is 2.49. The van der Waals surface area contributed by atoms with Crippen LogP contribution in [0.2, 0.25) is 0 Å². The molecule has 24 heavy (non-hydrogen) atoms. The van der Waals surface area contributed by atoms with Crippen molar-refractivity contribution in [3.63, 3.8) is 0 Å². The predicted molar refractivity (Wildman–Crippen MR) is 87.6 cm³/mol. The van der Waals surface area contributed by atoms with Crippen molar-refractivity contribution in [2.75, 3.05) is 0 Å². The third kappa shape index (κ3) is 2.17. The van der Waals surface area contributed by atoms with Crippen molar-refractivity contribution in [1.82, 2.24) is 3.71 Å². The molecule has 6 nitrogen and oxygen atoms in total. The number of benzene rings is 2. The van der Waals surface area contributed by atoms with Gasteiger partial charge in [0.25, 0.3) is 26.0 Å². The van der Waals surface area contributed by atoms with E-state index >= 15 is 0 Å². The molecule has 0 saturated carbocycles. The lowest BCUT2D eigenvalue weighted by atomic mass is 10.1. The van der Waals surface area contributed by atoms with Crippen molar-refractivity contribution in [2.24, 2.45) is 0 Å². The summed E-state index contributed by atoms with van der Waals surface area (Å²) in [6.07, 6.45) is 0. The summed E-state index contributed by atoms with van der Waals surface area (Å²) in [6, 6.07) is 8.75. The predicted octanol–water partition coefficient (Wildman–Crippen LogP) is 2.15. The number of fused-ring (bicyclic) bond motifs is 1. The first-order valence-corrected chi connectivity index (χ1v) is 9.98. The van der Waals surface area contributed by atoms with Crippen LogP contribution < -0.4 is 0 Å². The Morgan fingerprint density at radius 2 is 1.50 bits per heavy atom. The van der Waals surface area contributed by atoms with Crippen LogP contribution in [0.25, 0.3) is 0 Å². The summed E-state index contributed by atoms with van der Waals surface area (Å²) in [5.41, 5.74) is 1.50. The Hall–Kier alpha value is -2.19. The maximum atomic E-state index is 13.0. The highest BCUT2D eigenvalue weighted by molar-refractivity contribution is 8.05. The Morgan fingerprint density at radius 1 is 0.958 bits per heavy atom. The molecule has 0 N–H and O–H groups in total. The van der Waals surface area contributed by atoms with E-state index < -0.39 is 26.0 Å². The first kappa shape index (κ1) is 16.7. The van der Waals surface area contributed by atoms with Crippen molar-refractivity contribution < 1.29 is 21.6 Å². The number of hydrogen-bond donors (Lipinski definition) is 0. The number of nitrogens with zero attached hydrogens (tertiary/aromatic N) is 1. The minimum atomic E-state index is -4.55. The molecule has 1 aliphatic heterocycles. The largest absolute Gasteiger partial charge is 0.283 e. The Morgan fingerprint density at radius 3 is 2.04 bits per heavy atom. The second kappa shape index (κ2) is 5.15. The lowest BCUT2D eigenvalue weighted by molar-refractivity contribution is 0.0928. The van der Waals surface area contributed by atoms with E-state index in [0.29, 0.717) is 11.1 Å². The molecule has 8 heteroatoms. The van der Waals surface area contributed by atoms with E-state index in [-0.39, 0.29) is 19.1 Å². The zero-order chi connectivity index (χ0) is 17.9. The van der Waals surface area contributed by atoms with Crippen LogP contribution in [0.3, 0.4) is 0 Å². The number of amides is 1.